The highest BCUT2D eigenvalue weighted by Gasteiger charge is 2.63. The van der Waals surface area contributed by atoms with Crippen molar-refractivity contribution in [2.45, 2.75) is 45.8 Å². The molecule has 0 spiro atoms. The molecule has 3 fully saturated rings. The van der Waals surface area contributed by atoms with Gasteiger partial charge in [0, 0.05) is 11.8 Å². The number of carbonyl (C=O) groups is 2. The van der Waals surface area contributed by atoms with E-state index in [1.54, 1.807) is 0 Å². The molecule has 3 aliphatic rings. The molecule has 2 saturated carbocycles. The van der Waals surface area contributed by atoms with Crippen LogP contribution in [0.2, 0.25) is 0 Å². The van der Waals surface area contributed by atoms with Gasteiger partial charge in [0.15, 0.2) is 0 Å². The molecule has 0 aromatic carbocycles. The van der Waals surface area contributed by atoms with Gasteiger partial charge in [0.05, 0.1) is 11.3 Å². The lowest BCUT2D eigenvalue weighted by atomic mass is 9.87. The van der Waals surface area contributed by atoms with Crippen LogP contribution in [-0.2, 0) is 19.1 Å². The molecule has 0 N–H and O–H groups in total. The fourth-order valence-corrected chi connectivity index (χ4v) is 3.36. The fraction of sp³-hybridized carbons (Fsp3) is 0.846. The number of fused-ring (bicyclic) bond motifs is 1. The maximum atomic E-state index is 11.9. The number of carbonyl (C=O) groups excluding carboxylic acids is 2. The summed E-state index contributed by atoms with van der Waals surface area (Å²) in [6.45, 7) is 5.52. The highest BCUT2D eigenvalue weighted by Crippen LogP contribution is 2.55. The molecular formula is C13H18O4. The van der Waals surface area contributed by atoms with E-state index in [1.807, 2.05) is 20.8 Å². The smallest absolute Gasteiger partial charge is 0.311 e. The van der Waals surface area contributed by atoms with Crippen LogP contribution >= 0.6 is 0 Å². The minimum atomic E-state index is -0.496. The molecule has 0 aromatic rings. The summed E-state index contributed by atoms with van der Waals surface area (Å²) < 4.78 is 10.9. The number of rotatable bonds is 1. The van der Waals surface area contributed by atoms with Crippen LogP contribution in [-0.4, -0.2) is 24.1 Å². The molecule has 1 saturated heterocycles. The number of hydrogen-bond acceptors (Lipinski definition) is 4. The third-order valence-electron chi connectivity index (χ3n) is 4.27. The predicted octanol–water partition coefficient (Wildman–Crippen LogP) is 1.53. The predicted molar refractivity (Wildman–Crippen MR) is 58.9 cm³/mol. The first-order valence-electron chi connectivity index (χ1n) is 6.29. The summed E-state index contributed by atoms with van der Waals surface area (Å²) in [5.41, 5.74) is -0.496. The van der Waals surface area contributed by atoms with Crippen molar-refractivity contribution < 1.29 is 19.1 Å². The summed E-state index contributed by atoms with van der Waals surface area (Å²) in [6, 6.07) is 0. The number of hydrogen-bond donors (Lipinski definition) is 0. The Kier molecular flexibility index (Phi) is 2.11. The minimum Gasteiger partial charge on any atom is -0.458 e. The van der Waals surface area contributed by atoms with Crippen LogP contribution in [0.15, 0.2) is 0 Å². The molecule has 4 heteroatoms. The fourth-order valence-electron chi connectivity index (χ4n) is 3.36. The Labute approximate surface area is 101 Å². The first-order valence-corrected chi connectivity index (χ1v) is 6.29. The third kappa shape index (κ3) is 1.49. The Hall–Kier alpha value is -1.06. The van der Waals surface area contributed by atoms with Crippen molar-refractivity contribution in [3.05, 3.63) is 0 Å². The molecule has 0 amide bonds. The summed E-state index contributed by atoms with van der Waals surface area (Å²) in [6.07, 6.45) is 1.44. The van der Waals surface area contributed by atoms with E-state index in [1.165, 1.54) is 0 Å². The summed E-state index contributed by atoms with van der Waals surface area (Å²) in [5, 5.41) is 0. The summed E-state index contributed by atoms with van der Waals surface area (Å²) in [5.74, 6) is 0.416. The van der Waals surface area contributed by atoms with Crippen LogP contribution in [0.3, 0.4) is 0 Å². The van der Waals surface area contributed by atoms with E-state index >= 15 is 0 Å². The van der Waals surface area contributed by atoms with Crippen LogP contribution < -0.4 is 0 Å². The van der Waals surface area contributed by atoms with Crippen LogP contribution in [0.25, 0.3) is 0 Å². The van der Waals surface area contributed by atoms with Gasteiger partial charge in [0.2, 0.25) is 0 Å². The van der Waals surface area contributed by atoms with Gasteiger partial charge in [-0.2, -0.15) is 0 Å². The Morgan fingerprint density at radius 2 is 2.06 bits per heavy atom. The lowest BCUT2D eigenvalue weighted by molar-refractivity contribution is -0.169. The van der Waals surface area contributed by atoms with Gasteiger partial charge in [-0.05, 0) is 33.6 Å². The largest absolute Gasteiger partial charge is 0.458 e. The number of ether oxygens (including phenoxy) is 2. The van der Waals surface area contributed by atoms with Gasteiger partial charge >= 0.3 is 11.9 Å². The molecule has 5 unspecified atom stereocenters. The van der Waals surface area contributed by atoms with Gasteiger partial charge < -0.3 is 9.47 Å². The summed E-state index contributed by atoms with van der Waals surface area (Å²) in [4.78, 5) is 23.4. The maximum absolute atomic E-state index is 11.9. The van der Waals surface area contributed by atoms with Crippen LogP contribution in [0, 0.1) is 23.2 Å². The second kappa shape index (κ2) is 3.24. The second-order valence-corrected chi connectivity index (χ2v) is 6.52. The molecule has 0 radical (unpaired) electrons. The molecule has 4 nitrogen and oxygen atoms in total. The molecule has 1 aliphatic heterocycles. The van der Waals surface area contributed by atoms with Crippen molar-refractivity contribution in [3.63, 3.8) is 0 Å². The zero-order valence-electron chi connectivity index (χ0n) is 10.4. The van der Waals surface area contributed by atoms with Crippen molar-refractivity contribution in [1.82, 2.24) is 0 Å². The SMILES string of the molecule is CC(C)(C)C(=O)OC1C2CC3C(=O)OC1C3C2. The lowest BCUT2D eigenvalue weighted by Crippen LogP contribution is -2.38. The quantitative estimate of drug-likeness (QED) is 0.650. The Morgan fingerprint density at radius 1 is 1.35 bits per heavy atom. The normalized spacial score (nSPS) is 42.8. The van der Waals surface area contributed by atoms with E-state index in [9.17, 15) is 9.59 Å². The van der Waals surface area contributed by atoms with Crippen molar-refractivity contribution >= 4 is 11.9 Å². The van der Waals surface area contributed by atoms with Gasteiger partial charge in [0.25, 0.3) is 0 Å². The highest BCUT2D eigenvalue weighted by molar-refractivity contribution is 5.78. The average molecular weight is 238 g/mol. The molecule has 2 aliphatic carbocycles. The van der Waals surface area contributed by atoms with Gasteiger partial charge in [-0.3, -0.25) is 9.59 Å². The van der Waals surface area contributed by atoms with Crippen LogP contribution in [0.4, 0.5) is 0 Å². The van der Waals surface area contributed by atoms with Crippen LogP contribution in [0.5, 0.6) is 0 Å². The first kappa shape index (κ1) is 11.1. The Bertz CT molecular complexity index is 381. The van der Waals surface area contributed by atoms with Gasteiger partial charge in [-0.15, -0.1) is 0 Å². The third-order valence-corrected chi connectivity index (χ3v) is 4.27. The lowest BCUT2D eigenvalue weighted by Gasteiger charge is -2.28. The first-order chi connectivity index (χ1) is 7.88. The molecular weight excluding hydrogens is 220 g/mol. The molecule has 1 heterocycles. The summed E-state index contributed by atoms with van der Waals surface area (Å²) in [7, 11) is 0. The van der Waals surface area contributed by atoms with Gasteiger partial charge in [-0.25, -0.2) is 0 Å². The number of esters is 2. The van der Waals surface area contributed by atoms with Gasteiger partial charge in [-0.1, -0.05) is 0 Å². The monoisotopic (exact) mass is 238 g/mol. The second-order valence-electron chi connectivity index (χ2n) is 6.52. The van der Waals surface area contributed by atoms with Crippen molar-refractivity contribution in [1.29, 1.82) is 0 Å². The molecule has 3 rings (SSSR count). The van der Waals surface area contributed by atoms with E-state index in [0.29, 0.717) is 11.8 Å². The molecule has 94 valence electrons. The topological polar surface area (TPSA) is 52.6 Å². The molecule has 0 aromatic heterocycles. The Morgan fingerprint density at radius 3 is 2.71 bits per heavy atom. The van der Waals surface area contributed by atoms with E-state index in [4.69, 9.17) is 9.47 Å². The van der Waals surface area contributed by atoms with Gasteiger partial charge in [0.1, 0.15) is 12.2 Å². The van der Waals surface area contributed by atoms with Crippen LogP contribution in [0.1, 0.15) is 33.6 Å². The standard InChI is InChI=1S/C13H18O4/c1-13(2,3)12(15)17-9-6-4-7-8(5-6)11(14)16-10(7)9/h6-10H,4-5H2,1-3H3. The van der Waals surface area contributed by atoms with Crippen molar-refractivity contribution in [2.75, 3.05) is 0 Å². The molecule has 2 bridgehead atoms. The molecule has 17 heavy (non-hydrogen) atoms. The van der Waals surface area contributed by atoms with Crippen molar-refractivity contribution in [3.8, 4) is 0 Å². The summed E-state index contributed by atoms with van der Waals surface area (Å²) >= 11 is 0. The van der Waals surface area contributed by atoms with E-state index < -0.39 is 5.41 Å². The van der Waals surface area contributed by atoms with Crippen molar-refractivity contribution in [2.24, 2.45) is 23.2 Å². The van der Waals surface area contributed by atoms with E-state index in [2.05, 4.69) is 0 Å². The zero-order valence-corrected chi connectivity index (χ0v) is 10.4. The Balaban J connectivity index is 1.75. The van der Waals surface area contributed by atoms with E-state index in [-0.39, 0.29) is 30.1 Å². The highest BCUT2D eigenvalue weighted by atomic mass is 16.6. The van der Waals surface area contributed by atoms with E-state index in [0.717, 1.165) is 12.8 Å². The zero-order chi connectivity index (χ0) is 12.4. The maximum Gasteiger partial charge on any atom is 0.311 e. The molecule has 5 atom stereocenters. The minimum absolute atomic E-state index is 0.0783. The average Bonchev–Trinajstić information content (AvgIpc) is 2.80.